The smallest absolute Gasteiger partial charge is 0.264 e. The number of sulfonamides is 1. The number of halogens is 1. The van der Waals surface area contributed by atoms with Crippen LogP contribution in [0.15, 0.2) is 77.7 Å². The lowest BCUT2D eigenvalue weighted by atomic mass is 10.2. The number of benzene rings is 3. The minimum Gasteiger partial charge on any atom is -0.492 e. The van der Waals surface area contributed by atoms with Crippen molar-refractivity contribution in [3.63, 3.8) is 0 Å². The predicted octanol–water partition coefficient (Wildman–Crippen LogP) is 4.60. The van der Waals surface area contributed by atoms with E-state index in [1.54, 1.807) is 43.3 Å². The van der Waals surface area contributed by atoms with Crippen molar-refractivity contribution in [2.24, 2.45) is 0 Å². The Balaban J connectivity index is 1.70. The second-order valence-electron chi connectivity index (χ2n) is 7.40. The van der Waals surface area contributed by atoms with Crippen LogP contribution in [0.4, 0.5) is 5.69 Å². The van der Waals surface area contributed by atoms with Crippen LogP contribution in [-0.4, -0.2) is 34.0 Å². The minimum atomic E-state index is -3.99. The monoisotopic (exact) mass is 486 g/mol. The lowest BCUT2D eigenvalue weighted by Crippen LogP contribution is -2.42. The summed E-state index contributed by atoms with van der Waals surface area (Å²) in [6.07, 6.45) is 0.949. The van der Waals surface area contributed by atoms with Crippen LogP contribution in [0, 0.1) is 6.92 Å². The predicted molar refractivity (Wildman–Crippen MR) is 131 cm³/mol. The van der Waals surface area contributed by atoms with E-state index in [0.717, 1.165) is 10.7 Å². The number of rotatable bonds is 10. The third kappa shape index (κ3) is 6.27. The molecule has 0 unspecified atom stereocenters. The highest BCUT2D eigenvalue weighted by molar-refractivity contribution is 7.92. The van der Waals surface area contributed by atoms with Gasteiger partial charge in [0.05, 0.1) is 17.1 Å². The number of anilines is 1. The van der Waals surface area contributed by atoms with Crippen LogP contribution < -0.4 is 14.4 Å². The molecule has 3 rings (SSSR count). The lowest BCUT2D eigenvalue weighted by molar-refractivity contribution is -0.119. The number of carbonyl (C=O) groups is 1. The van der Waals surface area contributed by atoms with Gasteiger partial charge in [0.15, 0.2) is 0 Å². The van der Waals surface area contributed by atoms with Crippen LogP contribution in [0.25, 0.3) is 0 Å². The van der Waals surface area contributed by atoms with E-state index < -0.39 is 15.9 Å². The standard InChI is InChI=1S/C25H27ClN2O4S/c1-3-20-12-14-21(15-13-20)32-17-16-27-25(29)18-28(24-11-7-10-23(26)19(24)2)33(30,31)22-8-5-4-6-9-22/h4-15H,3,16-18H2,1-2H3,(H,27,29). The van der Waals surface area contributed by atoms with Crippen LogP contribution in [-0.2, 0) is 21.2 Å². The van der Waals surface area contributed by atoms with Gasteiger partial charge < -0.3 is 10.1 Å². The van der Waals surface area contributed by atoms with Crippen molar-refractivity contribution in [2.75, 3.05) is 24.0 Å². The number of ether oxygens (including phenoxy) is 1. The first-order valence-electron chi connectivity index (χ1n) is 10.6. The van der Waals surface area contributed by atoms with Gasteiger partial charge in [-0.1, -0.05) is 54.9 Å². The lowest BCUT2D eigenvalue weighted by Gasteiger charge is -2.26. The average Bonchev–Trinajstić information content (AvgIpc) is 2.83. The van der Waals surface area contributed by atoms with Gasteiger partial charge in [-0.05, 0) is 60.9 Å². The molecule has 0 fully saturated rings. The van der Waals surface area contributed by atoms with Crippen molar-refractivity contribution in [1.29, 1.82) is 0 Å². The molecule has 0 bridgehead atoms. The largest absolute Gasteiger partial charge is 0.492 e. The molecule has 6 nitrogen and oxygen atoms in total. The molecule has 0 aromatic heterocycles. The summed E-state index contributed by atoms with van der Waals surface area (Å²) in [6.45, 7) is 3.92. The maximum atomic E-state index is 13.4. The Morgan fingerprint density at radius 1 is 1.00 bits per heavy atom. The molecule has 33 heavy (non-hydrogen) atoms. The summed E-state index contributed by atoms with van der Waals surface area (Å²) in [5.74, 6) is 0.267. The summed E-state index contributed by atoms with van der Waals surface area (Å²) in [5, 5.41) is 3.15. The molecule has 3 aromatic carbocycles. The van der Waals surface area contributed by atoms with Gasteiger partial charge in [0, 0.05) is 5.02 Å². The number of hydrogen-bond acceptors (Lipinski definition) is 4. The summed E-state index contributed by atoms with van der Waals surface area (Å²) < 4.78 is 33.5. The second kappa shape index (κ2) is 11.2. The minimum absolute atomic E-state index is 0.0936. The summed E-state index contributed by atoms with van der Waals surface area (Å²) in [5.41, 5.74) is 2.14. The van der Waals surface area contributed by atoms with E-state index in [9.17, 15) is 13.2 Å². The molecule has 1 amide bonds. The van der Waals surface area contributed by atoms with Crippen LogP contribution in [0.1, 0.15) is 18.1 Å². The Hall–Kier alpha value is -3.03. The number of amides is 1. The van der Waals surface area contributed by atoms with E-state index in [1.807, 2.05) is 24.3 Å². The van der Waals surface area contributed by atoms with E-state index >= 15 is 0 Å². The fraction of sp³-hybridized carbons (Fsp3) is 0.240. The molecule has 0 aliphatic carbocycles. The molecule has 1 N–H and O–H groups in total. The van der Waals surface area contributed by atoms with Gasteiger partial charge in [0.25, 0.3) is 10.0 Å². The van der Waals surface area contributed by atoms with Crippen molar-refractivity contribution in [3.05, 3.63) is 88.9 Å². The molecule has 174 valence electrons. The van der Waals surface area contributed by atoms with Crippen molar-refractivity contribution in [2.45, 2.75) is 25.2 Å². The molecule has 0 radical (unpaired) electrons. The molecule has 8 heteroatoms. The number of carbonyl (C=O) groups excluding carboxylic acids is 1. The molecule has 0 saturated carbocycles. The number of aryl methyl sites for hydroxylation is 1. The molecule has 0 atom stereocenters. The summed E-state index contributed by atoms with van der Waals surface area (Å²) in [4.78, 5) is 12.8. The zero-order valence-corrected chi connectivity index (χ0v) is 20.2. The fourth-order valence-corrected chi connectivity index (χ4v) is 4.92. The van der Waals surface area contributed by atoms with Crippen LogP contribution in [0.5, 0.6) is 5.75 Å². The molecular weight excluding hydrogens is 460 g/mol. The Morgan fingerprint density at radius 3 is 2.36 bits per heavy atom. The highest BCUT2D eigenvalue weighted by Crippen LogP contribution is 2.30. The van der Waals surface area contributed by atoms with Gasteiger partial charge >= 0.3 is 0 Å². The molecular formula is C25H27ClN2O4S. The van der Waals surface area contributed by atoms with E-state index in [1.165, 1.54) is 17.7 Å². The third-order valence-corrected chi connectivity index (χ3v) is 7.33. The van der Waals surface area contributed by atoms with Gasteiger partial charge in [0.2, 0.25) is 5.91 Å². The second-order valence-corrected chi connectivity index (χ2v) is 9.67. The normalized spacial score (nSPS) is 11.1. The molecule has 3 aromatic rings. The summed E-state index contributed by atoms with van der Waals surface area (Å²) >= 11 is 6.23. The third-order valence-electron chi connectivity index (χ3n) is 5.15. The van der Waals surface area contributed by atoms with Gasteiger partial charge in [0.1, 0.15) is 18.9 Å². The number of nitrogens with zero attached hydrogens (tertiary/aromatic N) is 1. The Morgan fingerprint density at radius 2 is 1.70 bits per heavy atom. The first kappa shape index (κ1) is 24.6. The molecule has 0 heterocycles. The fourth-order valence-electron chi connectivity index (χ4n) is 3.25. The van der Waals surface area contributed by atoms with Crippen LogP contribution in [0.2, 0.25) is 5.02 Å². The zero-order chi connectivity index (χ0) is 23.8. The van der Waals surface area contributed by atoms with Crippen molar-refractivity contribution < 1.29 is 17.9 Å². The highest BCUT2D eigenvalue weighted by Gasteiger charge is 2.28. The van der Waals surface area contributed by atoms with Gasteiger partial charge in [-0.25, -0.2) is 8.42 Å². The topological polar surface area (TPSA) is 75.7 Å². The number of hydrogen-bond donors (Lipinski definition) is 1. The Labute approximate surface area is 200 Å². The van der Waals surface area contributed by atoms with Crippen LogP contribution in [0.3, 0.4) is 0 Å². The SMILES string of the molecule is CCc1ccc(OCCNC(=O)CN(c2cccc(Cl)c2C)S(=O)(=O)c2ccccc2)cc1. The first-order valence-corrected chi connectivity index (χ1v) is 12.5. The molecule has 0 saturated heterocycles. The van der Waals surface area contributed by atoms with Crippen molar-refractivity contribution in [1.82, 2.24) is 5.32 Å². The maximum Gasteiger partial charge on any atom is 0.264 e. The van der Waals surface area contributed by atoms with Crippen molar-refractivity contribution in [3.8, 4) is 5.75 Å². The molecule has 0 aliphatic rings. The zero-order valence-electron chi connectivity index (χ0n) is 18.6. The summed E-state index contributed by atoms with van der Waals surface area (Å²) in [6, 6.07) is 20.7. The van der Waals surface area contributed by atoms with Gasteiger partial charge in [-0.3, -0.25) is 9.10 Å². The Bertz CT molecular complexity index is 1180. The molecule has 0 aliphatic heterocycles. The van der Waals surface area contributed by atoms with E-state index in [2.05, 4.69) is 12.2 Å². The van der Waals surface area contributed by atoms with Gasteiger partial charge in [-0.2, -0.15) is 0 Å². The highest BCUT2D eigenvalue weighted by atomic mass is 35.5. The number of nitrogens with one attached hydrogen (secondary N) is 1. The van der Waals surface area contributed by atoms with Gasteiger partial charge in [-0.15, -0.1) is 0 Å². The molecule has 0 spiro atoms. The van der Waals surface area contributed by atoms with Crippen LogP contribution >= 0.6 is 11.6 Å². The summed E-state index contributed by atoms with van der Waals surface area (Å²) in [7, 11) is -3.99. The van der Waals surface area contributed by atoms with Crippen molar-refractivity contribution >= 4 is 33.2 Å². The van der Waals surface area contributed by atoms with E-state index in [-0.39, 0.29) is 24.6 Å². The Kier molecular flexibility index (Phi) is 8.36. The van der Waals surface area contributed by atoms with E-state index in [0.29, 0.717) is 22.0 Å². The first-order chi connectivity index (χ1) is 15.8. The quantitative estimate of drug-likeness (QED) is 0.425. The maximum absolute atomic E-state index is 13.4. The average molecular weight is 487 g/mol. The van der Waals surface area contributed by atoms with E-state index in [4.69, 9.17) is 16.3 Å².